The number of rotatable bonds is 6. The lowest BCUT2D eigenvalue weighted by molar-refractivity contribution is -0.119. The van der Waals surface area contributed by atoms with Gasteiger partial charge in [0.15, 0.2) is 0 Å². The van der Waals surface area contributed by atoms with Gasteiger partial charge in [0.25, 0.3) is 5.91 Å². The van der Waals surface area contributed by atoms with Crippen LogP contribution >= 0.6 is 0 Å². The number of amides is 3. The molecule has 1 heterocycles. The van der Waals surface area contributed by atoms with Gasteiger partial charge in [0.05, 0.1) is 0 Å². The number of piperidine rings is 1. The second-order valence-electron chi connectivity index (χ2n) is 10.8. The number of nitrogens with zero attached hydrogens (tertiary/aromatic N) is 2. The van der Waals surface area contributed by atoms with Gasteiger partial charge in [0, 0.05) is 44.2 Å². The molecular weight excluding hydrogens is 454 g/mol. The summed E-state index contributed by atoms with van der Waals surface area (Å²) < 4.78 is 5.51. The molecule has 2 fully saturated rings. The molecule has 4 rings (SSSR count). The molecule has 1 saturated heterocycles. The van der Waals surface area contributed by atoms with E-state index >= 15 is 0 Å². The molecule has 2 aromatic rings. The van der Waals surface area contributed by atoms with Crippen molar-refractivity contribution in [3.8, 4) is 11.1 Å². The van der Waals surface area contributed by atoms with Gasteiger partial charge in [-0.3, -0.25) is 9.59 Å². The summed E-state index contributed by atoms with van der Waals surface area (Å²) in [7, 11) is 0. The Balaban J connectivity index is 1.38. The normalized spacial score (nSPS) is 16.4. The van der Waals surface area contributed by atoms with Crippen LogP contribution in [0.5, 0.6) is 0 Å². The van der Waals surface area contributed by atoms with Crippen LogP contribution in [0.15, 0.2) is 48.5 Å². The summed E-state index contributed by atoms with van der Waals surface area (Å²) in [5.74, 6) is 0.0265. The minimum absolute atomic E-state index is 0.0480. The van der Waals surface area contributed by atoms with Gasteiger partial charge in [-0.25, -0.2) is 4.79 Å². The maximum atomic E-state index is 13.5. The standard InChI is InChI=1S/C29H37N3O4/c1-20(33)30-19-21-5-7-22(8-6-21)23-9-11-24(12-10-23)27(34)32(25-13-14-25)26-15-17-31(18-16-26)28(35)36-29(2,3)4/h5-12,25-26H,13-19H2,1-4H3,(H,30,33). The third-order valence-electron chi connectivity index (χ3n) is 6.64. The van der Waals surface area contributed by atoms with Crippen LogP contribution in [-0.4, -0.2) is 58.5 Å². The molecule has 0 unspecified atom stereocenters. The first-order valence-corrected chi connectivity index (χ1v) is 12.8. The zero-order valence-electron chi connectivity index (χ0n) is 21.8. The van der Waals surface area contributed by atoms with Gasteiger partial charge in [0.2, 0.25) is 5.91 Å². The molecule has 0 spiro atoms. The van der Waals surface area contributed by atoms with E-state index in [2.05, 4.69) is 10.2 Å². The Morgan fingerprint density at radius 2 is 1.42 bits per heavy atom. The molecule has 0 radical (unpaired) electrons. The van der Waals surface area contributed by atoms with E-state index < -0.39 is 5.60 Å². The molecule has 0 bridgehead atoms. The first-order chi connectivity index (χ1) is 17.1. The van der Waals surface area contributed by atoms with Crippen molar-refractivity contribution in [3.05, 3.63) is 59.7 Å². The van der Waals surface area contributed by atoms with Gasteiger partial charge in [-0.2, -0.15) is 0 Å². The van der Waals surface area contributed by atoms with Crippen LogP contribution in [0.2, 0.25) is 0 Å². The van der Waals surface area contributed by atoms with Crippen LogP contribution in [0.25, 0.3) is 11.1 Å². The molecule has 1 saturated carbocycles. The topological polar surface area (TPSA) is 79.0 Å². The fourth-order valence-electron chi connectivity index (χ4n) is 4.63. The quantitative estimate of drug-likeness (QED) is 0.617. The van der Waals surface area contributed by atoms with E-state index in [9.17, 15) is 14.4 Å². The molecule has 3 amide bonds. The zero-order chi connectivity index (χ0) is 25.9. The number of benzene rings is 2. The highest BCUT2D eigenvalue weighted by atomic mass is 16.6. The van der Waals surface area contributed by atoms with Crippen molar-refractivity contribution in [2.45, 2.75) is 77.6 Å². The van der Waals surface area contributed by atoms with E-state index in [4.69, 9.17) is 4.74 Å². The molecule has 7 heteroatoms. The first kappa shape index (κ1) is 25.7. The largest absolute Gasteiger partial charge is 0.444 e. The third kappa shape index (κ3) is 6.65. The highest BCUT2D eigenvalue weighted by Crippen LogP contribution is 2.34. The van der Waals surface area contributed by atoms with Crippen LogP contribution in [0, 0.1) is 0 Å². The highest BCUT2D eigenvalue weighted by molar-refractivity contribution is 5.95. The maximum Gasteiger partial charge on any atom is 0.410 e. The van der Waals surface area contributed by atoms with Gasteiger partial charge in [-0.1, -0.05) is 36.4 Å². The summed E-state index contributed by atoms with van der Waals surface area (Å²) in [6.45, 7) is 8.85. The summed E-state index contributed by atoms with van der Waals surface area (Å²) in [6, 6.07) is 16.3. The molecule has 1 N–H and O–H groups in total. The van der Waals surface area contributed by atoms with E-state index in [0.29, 0.717) is 31.2 Å². The molecule has 2 aromatic carbocycles. The number of carbonyl (C=O) groups is 3. The van der Waals surface area contributed by atoms with Crippen LogP contribution < -0.4 is 5.32 Å². The van der Waals surface area contributed by atoms with Crippen molar-refractivity contribution in [2.24, 2.45) is 0 Å². The van der Waals surface area contributed by atoms with Crippen LogP contribution in [0.3, 0.4) is 0 Å². The molecule has 0 aromatic heterocycles. The smallest absolute Gasteiger partial charge is 0.410 e. The van der Waals surface area contributed by atoms with Gasteiger partial charge < -0.3 is 19.9 Å². The number of hydrogen-bond donors (Lipinski definition) is 1. The van der Waals surface area contributed by atoms with E-state index in [1.807, 2.05) is 69.3 Å². The number of nitrogens with one attached hydrogen (secondary N) is 1. The minimum atomic E-state index is -0.509. The Hall–Kier alpha value is -3.35. The van der Waals surface area contributed by atoms with Crippen LogP contribution in [0.4, 0.5) is 4.79 Å². The molecule has 1 aliphatic heterocycles. The van der Waals surface area contributed by atoms with Gasteiger partial charge >= 0.3 is 6.09 Å². The summed E-state index contributed by atoms with van der Waals surface area (Å²) in [5.41, 5.74) is 3.33. The van der Waals surface area contributed by atoms with Crippen molar-refractivity contribution >= 4 is 17.9 Å². The average Bonchev–Trinajstić information content (AvgIpc) is 3.68. The lowest BCUT2D eigenvalue weighted by Crippen LogP contribution is -2.50. The lowest BCUT2D eigenvalue weighted by atomic mass is 10.00. The van der Waals surface area contributed by atoms with Gasteiger partial charge in [-0.15, -0.1) is 0 Å². The lowest BCUT2D eigenvalue weighted by Gasteiger charge is -2.39. The van der Waals surface area contributed by atoms with E-state index in [1.54, 1.807) is 4.90 Å². The monoisotopic (exact) mass is 491 g/mol. The van der Waals surface area contributed by atoms with Crippen LogP contribution in [0.1, 0.15) is 69.3 Å². The van der Waals surface area contributed by atoms with E-state index in [-0.39, 0.29) is 23.9 Å². The summed E-state index contributed by atoms with van der Waals surface area (Å²) in [5, 5.41) is 2.80. The highest BCUT2D eigenvalue weighted by Gasteiger charge is 2.39. The van der Waals surface area contributed by atoms with Crippen molar-refractivity contribution in [1.29, 1.82) is 0 Å². The SMILES string of the molecule is CC(=O)NCc1ccc(-c2ccc(C(=O)N(C3CC3)C3CCN(C(=O)OC(C)(C)C)CC3)cc2)cc1. The maximum absolute atomic E-state index is 13.5. The molecule has 36 heavy (non-hydrogen) atoms. The van der Waals surface area contributed by atoms with Crippen molar-refractivity contribution in [2.75, 3.05) is 13.1 Å². The van der Waals surface area contributed by atoms with E-state index in [1.165, 1.54) is 6.92 Å². The van der Waals surface area contributed by atoms with Crippen molar-refractivity contribution in [3.63, 3.8) is 0 Å². The number of ether oxygens (including phenoxy) is 1. The Kier molecular flexibility index (Phi) is 7.67. The Morgan fingerprint density at radius 1 is 0.889 bits per heavy atom. The second-order valence-corrected chi connectivity index (χ2v) is 10.8. The van der Waals surface area contributed by atoms with E-state index in [0.717, 1.165) is 42.4 Å². The summed E-state index contributed by atoms with van der Waals surface area (Å²) >= 11 is 0. The summed E-state index contributed by atoms with van der Waals surface area (Å²) in [6.07, 6.45) is 3.35. The second kappa shape index (κ2) is 10.7. The number of carbonyl (C=O) groups excluding carboxylic acids is 3. The fraction of sp³-hybridized carbons (Fsp3) is 0.483. The van der Waals surface area contributed by atoms with Crippen LogP contribution in [-0.2, 0) is 16.1 Å². The predicted octanol–water partition coefficient (Wildman–Crippen LogP) is 4.99. The predicted molar refractivity (Wildman–Crippen MR) is 139 cm³/mol. The zero-order valence-corrected chi connectivity index (χ0v) is 21.8. The summed E-state index contributed by atoms with van der Waals surface area (Å²) in [4.78, 5) is 40.9. The van der Waals surface area contributed by atoms with Crippen molar-refractivity contribution in [1.82, 2.24) is 15.1 Å². The molecular formula is C29H37N3O4. The fourth-order valence-corrected chi connectivity index (χ4v) is 4.63. The first-order valence-electron chi connectivity index (χ1n) is 12.8. The Morgan fingerprint density at radius 3 is 1.92 bits per heavy atom. The molecule has 192 valence electrons. The third-order valence-corrected chi connectivity index (χ3v) is 6.64. The van der Waals surface area contributed by atoms with Gasteiger partial charge in [-0.05, 0) is 75.3 Å². The van der Waals surface area contributed by atoms with Gasteiger partial charge in [0.1, 0.15) is 5.60 Å². The molecule has 7 nitrogen and oxygen atoms in total. The number of hydrogen-bond acceptors (Lipinski definition) is 4. The molecule has 2 aliphatic rings. The average molecular weight is 492 g/mol. The molecule has 1 aliphatic carbocycles. The Bertz CT molecular complexity index is 1080. The van der Waals surface area contributed by atoms with Crippen molar-refractivity contribution < 1.29 is 19.1 Å². The molecule has 0 atom stereocenters. The minimum Gasteiger partial charge on any atom is -0.444 e. The Labute approximate surface area is 213 Å². The number of likely N-dealkylation sites (tertiary alicyclic amines) is 1.